The first kappa shape index (κ1) is 14.7. The first-order chi connectivity index (χ1) is 9.48. The molecule has 0 bridgehead atoms. The van der Waals surface area contributed by atoms with E-state index in [0.717, 1.165) is 5.56 Å². The third kappa shape index (κ3) is 3.88. The van der Waals surface area contributed by atoms with E-state index in [2.05, 4.69) is 4.98 Å². The maximum absolute atomic E-state index is 12.1. The molecule has 0 saturated carbocycles. The first-order valence-electron chi connectivity index (χ1n) is 6.73. The van der Waals surface area contributed by atoms with Crippen LogP contribution in [-0.4, -0.2) is 65.1 Å². The van der Waals surface area contributed by atoms with E-state index in [9.17, 15) is 9.90 Å². The molecule has 5 nitrogen and oxygen atoms in total. The smallest absolute Gasteiger partial charge is 0.246 e. The summed E-state index contributed by atoms with van der Waals surface area (Å²) in [6, 6.07) is 3.69. The Labute approximate surface area is 119 Å². The summed E-state index contributed by atoms with van der Waals surface area (Å²) in [5.41, 5.74) is 0.153. The van der Waals surface area contributed by atoms with Crippen LogP contribution in [0.1, 0.15) is 12.0 Å². The van der Waals surface area contributed by atoms with Crippen LogP contribution < -0.4 is 0 Å². The summed E-state index contributed by atoms with van der Waals surface area (Å²) in [5.74, 6) is -0.0588. The zero-order chi connectivity index (χ0) is 14.6. The molecule has 0 spiro atoms. The molecule has 0 aliphatic carbocycles. The van der Waals surface area contributed by atoms with Crippen molar-refractivity contribution >= 4 is 12.0 Å². The van der Waals surface area contributed by atoms with Gasteiger partial charge in [-0.1, -0.05) is 0 Å². The Kier molecular flexibility index (Phi) is 4.52. The summed E-state index contributed by atoms with van der Waals surface area (Å²) in [6.07, 6.45) is 7.33. The summed E-state index contributed by atoms with van der Waals surface area (Å²) in [7, 11) is 3.84. The van der Waals surface area contributed by atoms with Crippen LogP contribution in [0.15, 0.2) is 30.6 Å². The van der Waals surface area contributed by atoms with Gasteiger partial charge in [-0.2, -0.15) is 0 Å². The first-order valence-corrected chi connectivity index (χ1v) is 6.73. The molecule has 1 aliphatic rings. The Balaban J connectivity index is 1.93. The summed E-state index contributed by atoms with van der Waals surface area (Å²) < 4.78 is 0. The molecule has 1 unspecified atom stereocenters. The van der Waals surface area contributed by atoms with Crippen molar-refractivity contribution in [1.82, 2.24) is 14.8 Å². The molecule has 1 atom stereocenters. The average Bonchev–Trinajstić information content (AvgIpc) is 2.78. The highest BCUT2D eigenvalue weighted by Crippen LogP contribution is 2.22. The van der Waals surface area contributed by atoms with Crippen molar-refractivity contribution in [2.75, 3.05) is 33.7 Å². The molecule has 108 valence electrons. The molecule has 1 saturated heterocycles. The van der Waals surface area contributed by atoms with Crippen molar-refractivity contribution < 1.29 is 9.90 Å². The van der Waals surface area contributed by atoms with Crippen LogP contribution in [0.3, 0.4) is 0 Å². The van der Waals surface area contributed by atoms with Gasteiger partial charge in [-0.3, -0.25) is 9.78 Å². The number of aromatic nitrogens is 1. The van der Waals surface area contributed by atoms with Crippen molar-refractivity contribution in [1.29, 1.82) is 0 Å². The molecule has 0 aromatic carbocycles. The number of carbonyl (C=O) groups is 1. The Morgan fingerprint density at radius 2 is 2.20 bits per heavy atom. The predicted molar refractivity (Wildman–Crippen MR) is 78.0 cm³/mol. The minimum Gasteiger partial charge on any atom is -0.387 e. The van der Waals surface area contributed by atoms with Gasteiger partial charge >= 0.3 is 0 Å². The fourth-order valence-electron chi connectivity index (χ4n) is 2.51. The number of hydrogen-bond donors (Lipinski definition) is 1. The van der Waals surface area contributed by atoms with E-state index in [0.29, 0.717) is 26.1 Å². The minimum atomic E-state index is -0.788. The highest BCUT2D eigenvalue weighted by atomic mass is 16.3. The van der Waals surface area contributed by atoms with Crippen molar-refractivity contribution in [3.63, 3.8) is 0 Å². The topological polar surface area (TPSA) is 56.7 Å². The zero-order valence-corrected chi connectivity index (χ0v) is 12.0. The second-order valence-corrected chi connectivity index (χ2v) is 5.59. The lowest BCUT2D eigenvalue weighted by Crippen LogP contribution is -2.43. The molecule has 1 aromatic rings. The van der Waals surface area contributed by atoms with Gasteiger partial charge in [0.1, 0.15) is 0 Å². The second kappa shape index (κ2) is 6.15. The van der Waals surface area contributed by atoms with E-state index in [1.54, 1.807) is 29.4 Å². The Hall–Kier alpha value is -1.72. The van der Waals surface area contributed by atoms with Crippen LogP contribution in [-0.2, 0) is 4.79 Å². The van der Waals surface area contributed by atoms with Crippen LogP contribution >= 0.6 is 0 Å². The molecule has 1 aromatic heterocycles. The Morgan fingerprint density at radius 1 is 1.50 bits per heavy atom. The molecule has 2 heterocycles. The number of rotatable bonds is 4. The van der Waals surface area contributed by atoms with Gasteiger partial charge in [-0.15, -0.1) is 0 Å². The van der Waals surface area contributed by atoms with Gasteiger partial charge in [-0.25, -0.2) is 0 Å². The highest BCUT2D eigenvalue weighted by Gasteiger charge is 2.37. The highest BCUT2D eigenvalue weighted by molar-refractivity contribution is 5.92. The number of likely N-dealkylation sites (N-methyl/N-ethyl adjacent to an activating group) is 1. The van der Waals surface area contributed by atoms with E-state index in [-0.39, 0.29) is 5.91 Å². The number of β-amino-alcohol motifs (C(OH)–C–C–N with tert-alkyl or cyclic N) is 1. The monoisotopic (exact) mass is 275 g/mol. The SMILES string of the molecule is CN(C)CC1(O)CCN(C(=O)/C=C/c2ccncc2)C1. The van der Waals surface area contributed by atoms with Crippen LogP contribution in [0.4, 0.5) is 0 Å². The molecule has 1 N–H and O–H groups in total. The lowest BCUT2D eigenvalue weighted by Gasteiger charge is -2.26. The minimum absolute atomic E-state index is 0.0588. The largest absolute Gasteiger partial charge is 0.387 e. The summed E-state index contributed by atoms with van der Waals surface area (Å²) in [5, 5.41) is 10.4. The molecule has 1 amide bonds. The summed E-state index contributed by atoms with van der Waals surface area (Å²) in [4.78, 5) is 19.7. The third-order valence-electron chi connectivity index (χ3n) is 3.38. The second-order valence-electron chi connectivity index (χ2n) is 5.59. The normalized spacial score (nSPS) is 22.9. The quantitative estimate of drug-likeness (QED) is 0.819. The van der Waals surface area contributed by atoms with Crippen molar-refractivity contribution in [2.24, 2.45) is 0 Å². The fraction of sp³-hybridized carbons (Fsp3) is 0.467. The Bertz CT molecular complexity index is 487. The van der Waals surface area contributed by atoms with Gasteiger partial charge in [0, 0.05) is 31.6 Å². The standard InChI is InChI=1S/C15H21N3O2/c1-17(2)11-15(20)7-10-18(12-15)14(19)4-3-13-5-8-16-9-6-13/h3-6,8-9,20H,7,10-12H2,1-2H3/b4-3+. The van der Waals surface area contributed by atoms with E-state index >= 15 is 0 Å². The van der Waals surface area contributed by atoms with Crippen LogP contribution in [0.25, 0.3) is 6.08 Å². The van der Waals surface area contributed by atoms with Crippen LogP contribution in [0.5, 0.6) is 0 Å². The van der Waals surface area contributed by atoms with Gasteiger partial charge in [0.05, 0.1) is 12.1 Å². The van der Waals surface area contributed by atoms with E-state index in [1.165, 1.54) is 0 Å². The number of carbonyl (C=O) groups excluding carboxylic acids is 1. The molecule has 5 heteroatoms. The molecule has 2 rings (SSSR count). The molecule has 1 fully saturated rings. The maximum atomic E-state index is 12.1. The van der Waals surface area contributed by atoms with Crippen LogP contribution in [0.2, 0.25) is 0 Å². The number of hydrogen-bond acceptors (Lipinski definition) is 4. The van der Waals surface area contributed by atoms with E-state index in [4.69, 9.17) is 0 Å². The fourth-order valence-corrected chi connectivity index (χ4v) is 2.51. The van der Waals surface area contributed by atoms with E-state index < -0.39 is 5.60 Å². The number of nitrogens with zero attached hydrogens (tertiary/aromatic N) is 3. The number of pyridine rings is 1. The zero-order valence-electron chi connectivity index (χ0n) is 12.0. The van der Waals surface area contributed by atoms with Crippen molar-refractivity contribution in [3.8, 4) is 0 Å². The molecular formula is C15H21N3O2. The molecular weight excluding hydrogens is 254 g/mol. The number of aliphatic hydroxyl groups is 1. The maximum Gasteiger partial charge on any atom is 0.246 e. The average molecular weight is 275 g/mol. The predicted octanol–water partition coefficient (Wildman–Crippen LogP) is 0.620. The van der Waals surface area contributed by atoms with Crippen molar-refractivity contribution in [3.05, 3.63) is 36.2 Å². The molecule has 0 radical (unpaired) electrons. The number of likely N-dealkylation sites (tertiary alicyclic amines) is 1. The number of amides is 1. The van der Waals surface area contributed by atoms with Crippen LogP contribution in [0, 0.1) is 0 Å². The van der Waals surface area contributed by atoms with Crippen molar-refractivity contribution in [2.45, 2.75) is 12.0 Å². The third-order valence-corrected chi connectivity index (χ3v) is 3.38. The Morgan fingerprint density at radius 3 is 2.85 bits per heavy atom. The van der Waals surface area contributed by atoms with Gasteiger partial charge in [0.2, 0.25) is 5.91 Å². The van der Waals surface area contributed by atoms with E-state index in [1.807, 2.05) is 31.1 Å². The van der Waals surface area contributed by atoms with Gasteiger partial charge < -0.3 is 14.9 Å². The summed E-state index contributed by atoms with van der Waals surface area (Å²) >= 11 is 0. The molecule has 20 heavy (non-hydrogen) atoms. The van der Waals surface area contributed by atoms with Gasteiger partial charge in [0.15, 0.2) is 0 Å². The van der Waals surface area contributed by atoms with Gasteiger partial charge in [-0.05, 0) is 44.3 Å². The summed E-state index contributed by atoms with van der Waals surface area (Å²) in [6.45, 7) is 1.57. The lowest BCUT2D eigenvalue weighted by atomic mass is 10.0. The molecule has 1 aliphatic heterocycles. The lowest BCUT2D eigenvalue weighted by molar-refractivity contribution is -0.126. The van der Waals surface area contributed by atoms with Gasteiger partial charge in [0.25, 0.3) is 0 Å².